The van der Waals surface area contributed by atoms with Crippen LogP contribution in [0.15, 0.2) is 18.2 Å². The maximum atomic E-state index is 11.7. The van der Waals surface area contributed by atoms with Crippen LogP contribution in [0.2, 0.25) is 5.02 Å². The van der Waals surface area contributed by atoms with Gasteiger partial charge in [-0.3, -0.25) is 4.79 Å². The molecule has 0 aliphatic carbocycles. The molecular weight excluding hydrogens is 276 g/mol. The van der Waals surface area contributed by atoms with Crippen LogP contribution >= 0.6 is 11.6 Å². The third kappa shape index (κ3) is 5.03. The number of nitrogens with one attached hydrogen (secondary N) is 1. The van der Waals surface area contributed by atoms with Crippen molar-refractivity contribution in [3.05, 3.63) is 41.3 Å². The number of primary sulfonamides is 1. The van der Waals surface area contributed by atoms with E-state index in [0.29, 0.717) is 5.56 Å². The average Bonchev–Trinajstić information content (AvgIpc) is 2.26. The summed E-state index contributed by atoms with van der Waals surface area (Å²) in [6.07, 6.45) is 0.241. The summed E-state index contributed by atoms with van der Waals surface area (Å²) in [5.74, 6) is -0.584. The molecule has 0 saturated heterocycles. The zero-order valence-electron chi connectivity index (χ0n) is 9.52. The van der Waals surface area contributed by atoms with E-state index in [2.05, 4.69) is 5.32 Å². The van der Waals surface area contributed by atoms with Crippen LogP contribution < -0.4 is 10.5 Å². The minimum absolute atomic E-state index is 0.183. The summed E-state index contributed by atoms with van der Waals surface area (Å²) in [6, 6.07) is 4.56. The van der Waals surface area contributed by atoms with Crippen molar-refractivity contribution in [3.8, 4) is 0 Å². The van der Waals surface area contributed by atoms with Gasteiger partial charge in [0, 0.05) is 6.54 Å². The van der Waals surface area contributed by atoms with E-state index in [-0.39, 0.29) is 29.3 Å². The molecule has 1 amide bonds. The molecule has 1 rings (SSSR count). The summed E-state index contributed by atoms with van der Waals surface area (Å²) in [6.45, 7) is 5.74. The highest BCUT2D eigenvalue weighted by Crippen LogP contribution is 2.16. The topological polar surface area (TPSA) is 89.3 Å². The normalized spacial score (nSPS) is 11.3. The molecule has 2 radical (unpaired) electrons. The highest BCUT2D eigenvalue weighted by Gasteiger charge is 2.10. The van der Waals surface area contributed by atoms with Crippen molar-refractivity contribution in [3.63, 3.8) is 0 Å². The van der Waals surface area contributed by atoms with Gasteiger partial charge in [0.15, 0.2) is 0 Å². The van der Waals surface area contributed by atoms with Crippen molar-refractivity contribution in [2.24, 2.45) is 5.14 Å². The van der Waals surface area contributed by atoms with E-state index in [1.807, 2.05) is 0 Å². The summed E-state index contributed by atoms with van der Waals surface area (Å²) in [5, 5.41) is 7.66. The number of carbonyl (C=O) groups excluding carboxylic acids is 1. The number of amides is 1. The Morgan fingerprint density at radius 3 is 2.72 bits per heavy atom. The lowest BCUT2D eigenvalue weighted by Crippen LogP contribution is -2.27. The molecule has 0 atom stereocenters. The Labute approximate surface area is 111 Å². The van der Waals surface area contributed by atoms with E-state index in [1.54, 1.807) is 6.07 Å². The lowest BCUT2D eigenvalue weighted by atomic mass is 10.1. The van der Waals surface area contributed by atoms with Crippen LogP contribution in [0.25, 0.3) is 0 Å². The number of carbonyl (C=O) groups is 1. The molecule has 5 nitrogen and oxygen atoms in total. The van der Waals surface area contributed by atoms with Gasteiger partial charge in [-0.2, -0.15) is 0 Å². The lowest BCUT2D eigenvalue weighted by Gasteiger charge is -2.07. The minimum atomic E-state index is -3.50. The first-order chi connectivity index (χ1) is 8.29. The number of halogens is 1. The van der Waals surface area contributed by atoms with Gasteiger partial charge in [-0.25, -0.2) is 13.6 Å². The fourth-order valence-electron chi connectivity index (χ4n) is 1.29. The summed E-state index contributed by atoms with van der Waals surface area (Å²) in [7, 11) is -3.50. The quantitative estimate of drug-likeness (QED) is 0.786. The molecule has 0 saturated carbocycles. The monoisotopic (exact) mass is 288 g/mol. The van der Waals surface area contributed by atoms with E-state index in [0.717, 1.165) is 0 Å². The first-order valence-electron chi connectivity index (χ1n) is 5.13. The molecule has 1 aromatic rings. The zero-order chi connectivity index (χ0) is 13.8. The zero-order valence-corrected chi connectivity index (χ0v) is 11.1. The Hall–Kier alpha value is -1.11. The van der Waals surface area contributed by atoms with Crippen LogP contribution in [-0.4, -0.2) is 26.6 Å². The van der Waals surface area contributed by atoms with Crippen molar-refractivity contribution >= 4 is 27.5 Å². The van der Waals surface area contributed by atoms with Crippen LogP contribution in [0.3, 0.4) is 0 Å². The van der Waals surface area contributed by atoms with E-state index >= 15 is 0 Å². The van der Waals surface area contributed by atoms with Gasteiger partial charge in [0.25, 0.3) is 5.91 Å². The lowest BCUT2D eigenvalue weighted by molar-refractivity contribution is 0.0954. The van der Waals surface area contributed by atoms with Gasteiger partial charge < -0.3 is 5.32 Å². The maximum Gasteiger partial charge on any atom is 0.252 e. The number of nitrogens with two attached hydrogens (primary N) is 1. The SMILES string of the molecule is [CH]c1ccc(Cl)c(C(=O)NCCCS(N)(=O)=O)c1. The van der Waals surface area contributed by atoms with Crippen molar-refractivity contribution in [2.75, 3.05) is 12.3 Å². The van der Waals surface area contributed by atoms with Crippen molar-refractivity contribution < 1.29 is 13.2 Å². The van der Waals surface area contributed by atoms with Crippen LogP contribution in [0, 0.1) is 6.92 Å². The van der Waals surface area contributed by atoms with Gasteiger partial charge >= 0.3 is 0 Å². The third-order valence-corrected chi connectivity index (χ3v) is 3.31. The van der Waals surface area contributed by atoms with Gasteiger partial charge in [-0.05, 0) is 31.0 Å². The van der Waals surface area contributed by atoms with E-state index in [1.165, 1.54) is 12.1 Å². The fraction of sp³-hybridized carbons (Fsp3) is 0.273. The molecule has 18 heavy (non-hydrogen) atoms. The highest BCUT2D eigenvalue weighted by atomic mass is 35.5. The van der Waals surface area contributed by atoms with Crippen molar-refractivity contribution in [1.29, 1.82) is 0 Å². The predicted octanol–water partition coefficient (Wildman–Crippen LogP) is 0.808. The molecule has 98 valence electrons. The first-order valence-corrected chi connectivity index (χ1v) is 7.22. The van der Waals surface area contributed by atoms with Crippen LogP contribution in [0.5, 0.6) is 0 Å². The number of hydrogen-bond donors (Lipinski definition) is 2. The van der Waals surface area contributed by atoms with Crippen LogP contribution in [0.4, 0.5) is 0 Å². The molecule has 0 aromatic heterocycles. The van der Waals surface area contributed by atoms with E-state index < -0.39 is 15.9 Å². The molecule has 0 spiro atoms. The molecule has 0 fully saturated rings. The van der Waals surface area contributed by atoms with Gasteiger partial charge in [0.2, 0.25) is 10.0 Å². The minimum Gasteiger partial charge on any atom is -0.352 e. The fourth-order valence-corrected chi connectivity index (χ4v) is 2.04. The third-order valence-electron chi connectivity index (χ3n) is 2.13. The molecule has 0 bridgehead atoms. The number of sulfonamides is 1. The Balaban J connectivity index is 2.53. The largest absolute Gasteiger partial charge is 0.352 e. The summed E-state index contributed by atoms with van der Waals surface area (Å²) in [4.78, 5) is 11.7. The summed E-state index contributed by atoms with van der Waals surface area (Å²) >= 11 is 5.84. The van der Waals surface area contributed by atoms with Crippen molar-refractivity contribution in [2.45, 2.75) is 6.42 Å². The highest BCUT2D eigenvalue weighted by molar-refractivity contribution is 7.89. The van der Waals surface area contributed by atoms with E-state index in [4.69, 9.17) is 23.7 Å². The molecule has 0 aliphatic rings. The molecule has 0 unspecified atom stereocenters. The molecule has 3 N–H and O–H groups in total. The molecule has 0 aliphatic heterocycles. The van der Waals surface area contributed by atoms with Gasteiger partial charge in [-0.15, -0.1) is 0 Å². The summed E-state index contributed by atoms with van der Waals surface area (Å²) in [5.41, 5.74) is 0.682. The molecule has 1 aromatic carbocycles. The van der Waals surface area contributed by atoms with Crippen LogP contribution in [-0.2, 0) is 10.0 Å². The van der Waals surface area contributed by atoms with Gasteiger partial charge in [0.05, 0.1) is 16.3 Å². The van der Waals surface area contributed by atoms with Gasteiger partial charge in [0.1, 0.15) is 0 Å². The standard InChI is InChI=1S/C11H13ClN2O3S/c1-8-3-4-10(12)9(7-8)11(15)14-5-2-6-18(13,16)17/h1,3-4,7H,2,5-6H2,(H,14,15)(H2,13,16,17). The van der Waals surface area contributed by atoms with Crippen molar-refractivity contribution in [1.82, 2.24) is 5.32 Å². The number of rotatable bonds is 5. The Morgan fingerprint density at radius 1 is 1.44 bits per heavy atom. The van der Waals surface area contributed by atoms with E-state index in [9.17, 15) is 13.2 Å². The predicted molar refractivity (Wildman–Crippen MR) is 69.8 cm³/mol. The van der Waals surface area contributed by atoms with Gasteiger partial charge in [-0.1, -0.05) is 17.7 Å². The second-order valence-electron chi connectivity index (χ2n) is 3.72. The first kappa shape index (κ1) is 14.9. The Kier molecular flexibility index (Phi) is 5.13. The number of hydrogen-bond acceptors (Lipinski definition) is 3. The number of benzene rings is 1. The summed E-state index contributed by atoms with van der Waals surface area (Å²) < 4.78 is 21.3. The Morgan fingerprint density at radius 2 is 2.11 bits per heavy atom. The molecule has 7 heteroatoms. The molecular formula is C11H13ClN2O3S. The Bertz CT molecular complexity index is 543. The molecule has 0 heterocycles. The van der Waals surface area contributed by atoms with Crippen LogP contribution in [0.1, 0.15) is 22.3 Å². The second kappa shape index (κ2) is 6.17. The maximum absolute atomic E-state index is 11.7. The second-order valence-corrected chi connectivity index (χ2v) is 5.86. The smallest absolute Gasteiger partial charge is 0.252 e. The average molecular weight is 289 g/mol.